The molecule has 6 heteroatoms. The van der Waals surface area contributed by atoms with Crippen LogP contribution in [0.2, 0.25) is 0 Å². The Morgan fingerprint density at radius 3 is 2.82 bits per heavy atom. The fourth-order valence-corrected chi connectivity index (χ4v) is 3.00. The Morgan fingerprint density at radius 1 is 1.59 bits per heavy atom. The molecule has 0 radical (unpaired) electrons. The van der Waals surface area contributed by atoms with Crippen molar-refractivity contribution in [2.75, 3.05) is 24.7 Å². The molecule has 0 atom stereocenters. The molecule has 0 aromatic carbocycles. The van der Waals surface area contributed by atoms with Gasteiger partial charge in [0.05, 0.1) is 24.4 Å². The Balaban J connectivity index is 2.33. The highest BCUT2D eigenvalue weighted by atomic mass is 32.1. The molecule has 1 aliphatic heterocycles. The van der Waals surface area contributed by atoms with E-state index in [-0.39, 0.29) is 5.54 Å². The SMILES string of the molecule is Cc1nc(N2CCOCC2(C)C)sc1C(=O)O. The summed E-state index contributed by atoms with van der Waals surface area (Å²) in [6.45, 7) is 7.92. The summed E-state index contributed by atoms with van der Waals surface area (Å²) in [4.78, 5) is 17.8. The van der Waals surface area contributed by atoms with Crippen molar-refractivity contribution in [2.45, 2.75) is 26.3 Å². The van der Waals surface area contributed by atoms with Gasteiger partial charge in [-0.15, -0.1) is 0 Å². The zero-order valence-electron chi connectivity index (χ0n) is 10.2. The van der Waals surface area contributed by atoms with Gasteiger partial charge in [-0.05, 0) is 20.8 Å². The first-order valence-electron chi connectivity index (χ1n) is 5.48. The summed E-state index contributed by atoms with van der Waals surface area (Å²) >= 11 is 1.24. The Hall–Kier alpha value is -1.14. The number of carbonyl (C=O) groups is 1. The van der Waals surface area contributed by atoms with Crippen molar-refractivity contribution in [1.82, 2.24) is 4.98 Å². The van der Waals surface area contributed by atoms with E-state index in [1.54, 1.807) is 6.92 Å². The normalized spacial score (nSPS) is 19.4. The zero-order valence-corrected chi connectivity index (χ0v) is 11.0. The van der Waals surface area contributed by atoms with Crippen molar-refractivity contribution in [3.63, 3.8) is 0 Å². The van der Waals surface area contributed by atoms with E-state index < -0.39 is 5.97 Å². The quantitative estimate of drug-likeness (QED) is 0.873. The number of nitrogens with zero attached hydrogens (tertiary/aromatic N) is 2. The smallest absolute Gasteiger partial charge is 0.347 e. The first kappa shape index (κ1) is 12.3. The molecule has 0 bridgehead atoms. The van der Waals surface area contributed by atoms with Gasteiger partial charge >= 0.3 is 5.97 Å². The molecule has 1 N–H and O–H groups in total. The number of carboxylic acids is 1. The summed E-state index contributed by atoms with van der Waals surface area (Å²) in [5, 5.41) is 9.81. The van der Waals surface area contributed by atoms with Crippen LogP contribution in [0, 0.1) is 6.92 Å². The molecule has 2 heterocycles. The standard InChI is InChI=1S/C11H16N2O3S/c1-7-8(9(14)15)17-10(12-7)13-4-5-16-6-11(13,2)3/h4-6H2,1-3H3,(H,14,15). The van der Waals surface area contributed by atoms with Gasteiger partial charge in [0, 0.05) is 6.54 Å². The fraction of sp³-hybridized carbons (Fsp3) is 0.636. The van der Waals surface area contributed by atoms with Crippen molar-refractivity contribution < 1.29 is 14.6 Å². The minimum atomic E-state index is -0.905. The molecule has 1 saturated heterocycles. The summed E-state index contributed by atoms with van der Waals surface area (Å²) in [6.07, 6.45) is 0. The predicted octanol–water partition coefficient (Wildman–Crippen LogP) is 1.76. The van der Waals surface area contributed by atoms with Crippen LogP contribution in [0.25, 0.3) is 0 Å². The van der Waals surface area contributed by atoms with Gasteiger partial charge in [0.2, 0.25) is 0 Å². The average molecular weight is 256 g/mol. The number of anilines is 1. The summed E-state index contributed by atoms with van der Waals surface area (Å²) in [6, 6.07) is 0. The van der Waals surface area contributed by atoms with Gasteiger partial charge in [-0.3, -0.25) is 0 Å². The minimum absolute atomic E-state index is 0.141. The minimum Gasteiger partial charge on any atom is -0.477 e. The summed E-state index contributed by atoms with van der Waals surface area (Å²) in [5.41, 5.74) is 0.443. The fourth-order valence-electron chi connectivity index (χ4n) is 1.91. The second-order valence-electron chi connectivity index (χ2n) is 4.73. The highest BCUT2D eigenvalue weighted by Gasteiger charge is 2.33. The molecular weight excluding hydrogens is 240 g/mol. The third-order valence-electron chi connectivity index (χ3n) is 2.86. The number of aryl methyl sites for hydroxylation is 1. The molecule has 5 nitrogen and oxygen atoms in total. The second kappa shape index (κ2) is 4.27. The molecule has 1 aromatic heterocycles. The largest absolute Gasteiger partial charge is 0.477 e. The van der Waals surface area contributed by atoms with Crippen molar-refractivity contribution in [3.05, 3.63) is 10.6 Å². The first-order valence-corrected chi connectivity index (χ1v) is 6.29. The summed E-state index contributed by atoms with van der Waals surface area (Å²) < 4.78 is 5.44. The predicted molar refractivity (Wildman–Crippen MR) is 66.1 cm³/mol. The summed E-state index contributed by atoms with van der Waals surface area (Å²) in [7, 11) is 0. The van der Waals surface area contributed by atoms with E-state index in [1.807, 2.05) is 0 Å². The number of thiazole rings is 1. The maximum absolute atomic E-state index is 11.0. The molecule has 0 unspecified atom stereocenters. The summed E-state index contributed by atoms with van der Waals surface area (Å²) in [5.74, 6) is -0.905. The molecule has 0 amide bonds. The van der Waals surface area contributed by atoms with Gasteiger partial charge in [-0.1, -0.05) is 11.3 Å². The number of hydrogen-bond donors (Lipinski definition) is 1. The van der Waals surface area contributed by atoms with E-state index in [1.165, 1.54) is 11.3 Å². The van der Waals surface area contributed by atoms with Crippen LogP contribution in [0.15, 0.2) is 0 Å². The molecule has 1 aliphatic rings. The van der Waals surface area contributed by atoms with Gasteiger partial charge < -0.3 is 14.7 Å². The van der Waals surface area contributed by atoms with Crippen LogP contribution >= 0.6 is 11.3 Å². The van der Waals surface area contributed by atoms with E-state index >= 15 is 0 Å². The molecule has 94 valence electrons. The van der Waals surface area contributed by atoms with Gasteiger partial charge in [0.25, 0.3) is 0 Å². The third kappa shape index (κ3) is 2.28. The topological polar surface area (TPSA) is 62.7 Å². The lowest BCUT2D eigenvalue weighted by Crippen LogP contribution is -2.53. The molecule has 0 spiro atoms. The number of hydrogen-bond acceptors (Lipinski definition) is 5. The van der Waals surface area contributed by atoms with E-state index in [0.717, 1.165) is 11.7 Å². The lowest BCUT2D eigenvalue weighted by molar-refractivity contribution is 0.0643. The van der Waals surface area contributed by atoms with Crippen LogP contribution < -0.4 is 4.90 Å². The highest BCUT2D eigenvalue weighted by Crippen LogP contribution is 2.32. The Labute approximate surface area is 104 Å². The van der Waals surface area contributed by atoms with Crippen molar-refractivity contribution in [3.8, 4) is 0 Å². The lowest BCUT2D eigenvalue weighted by Gasteiger charge is -2.41. The van der Waals surface area contributed by atoms with Gasteiger partial charge in [-0.2, -0.15) is 0 Å². The van der Waals surface area contributed by atoms with Crippen LogP contribution in [-0.4, -0.2) is 41.4 Å². The lowest BCUT2D eigenvalue weighted by atomic mass is 10.0. The highest BCUT2D eigenvalue weighted by molar-refractivity contribution is 7.17. The van der Waals surface area contributed by atoms with Crippen molar-refractivity contribution in [1.29, 1.82) is 0 Å². The molecule has 2 rings (SSSR count). The van der Waals surface area contributed by atoms with Gasteiger partial charge in [-0.25, -0.2) is 9.78 Å². The number of morpholine rings is 1. The van der Waals surface area contributed by atoms with Crippen LogP contribution in [0.1, 0.15) is 29.2 Å². The Kier molecular flexibility index (Phi) is 3.09. The van der Waals surface area contributed by atoms with E-state index in [0.29, 0.717) is 23.8 Å². The molecular formula is C11H16N2O3S. The van der Waals surface area contributed by atoms with Crippen LogP contribution in [0.3, 0.4) is 0 Å². The van der Waals surface area contributed by atoms with E-state index in [4.69, 9.17) is 9.84 Å². The van der Waals surface area contributed by atoms with Gasteiger partial charge in [0.15, 0.2) is 5.13 Å². The number of ether oxygens (including phenoxy) is 1. The Morgan fingerprint density at radius 2 is 2.29 bits per heavy atom. The van der Waals surface area contributed by atoms with Crippen molar-refractivity contribution in [2.24, 2.45) is 0 Å². The zero-order chi connectivity index (χ0) is 12.6. The van der Waals surface area contributed by atoms with Crippen LogP contribution in [0.5, 0.6) is 0 Å². The van der Waals surface area contributed by atoms with Crippen LogP contribution in [0.4, 0.5) is 5.13 Å². The first-order chi connectivity index (χ1) is 7.92. The number of carboxylic acid groups (broad SMARTS) is 1. The third-order valence-corrected chi connectivity index (χ3v) is 4.02. The average Bonchev–Trinajstić information content (AvgIpc) is 2.59. The monoisotopic (exact) mass is 256 g/mol. The Bertz CT molecular complexity index is 442. The maximum Gasteiger partial charge on any atom is 0.347 e. The number of aromatic nitrogens is 1. The molecule has 0 saturated carbocycles. The van der Waals surface area contributed by atoms with E-state index in [9.17, 15) is 4.79 Å². The number of rotatable bonds is 2. The molecule has 1 fully saturated rings. The molecule has 1 aromatic rings. The van der Waals surface area contributed by atoms with E-state index in [2.05, 4.69) is 23.7 Å². The number of aromatic carboxylic acids is 1. The van der Waals surface area contributed by atoms with Gasteiger partial charge in [0.1, 0.15) is 4.88 Å². The molecule has 0 aliphatic carbocycles. The maximum atomic E-state index is 11.0. The molecule has 17 heavy (non-hydrogen) atoms. The van der Waals surface area contributed by atoms with Crippen LogP contribution in [-0.2, 0) is 4.74 Å². The van der Waals surface area contributed by atoms with Crippen molar-refractivity contribution >= 4 is 22.4 Å². The second-order valence-corrected chi connectivity index (χ2v) is 5.71.